The summed E-state index contributed by atoms with van der Waals surface area (Å²) in [5, 5.41) is 13.6. The Labute approximate surface area is 258 Å². The number of amides is 2. The lowest BCUT2D eigenvalue weighted by atomic mass is 10.1. The summed E-state index contributed by atoms with van der Waals surface area (Å²) in [4.78, 5) is 52.8. The summed E-state index contributed by atoms with van der Waals surface area (Å²) < 4.78 is 33.2. The molecular formula is C28H37F2N11O4. The number of nitrogens with zero attached hydrogens (tertiary/aromatic N) is 9. The molecule has 0 saturated carbocycles. The molecule has 3 aliphatic heterocycles. The summed E-state index contributed by atoms with van der Waals surface area (Å²) in [6.07, 6.45) is 2.55. The molecule has 5 heterocycles. The number of nitrogens with one attached hydrogen (secondary N) is 1. The van der Waals surface area contributed by atoms with Crippen molar-refractivity contribution in [2.45, 2.75) is 19.1 Å². The summed E-state index contributed by atoms with van der Waals surface area (Å²) in [6.45, 7) is 8.48. The molecule has 1 unspecified atom stereocenters. The van der Waals surface area contributed by atoms with Crippen LogP contribution in [0.15, 0.2) is 31.0 Å². The van der Waals surface area contributed by atoms with E-state index in [4.69, 9.17) is 10.5 Å². The number of aliphatic hydroxyl groups excluding tert-OH is 1. The van der Waals surface area contributed by atoms with Crippen molar-refractivity contribution < 1.29 is 28.2 Å². The standard InChI is InChI=1S/C28H37F2N11O4/c1-2-20(42)41-7-5-18(17-41)25(44)32-6-3-4-21(43)38-8-10-39(11-9-38)27-35-24(19-16-33-26(31)34-22(19)23(29)30)36-28(37-27)40-12-14-45-15-13-40/h2-4,16,18,21,23,43H,1,5-15,17H2,(H,32,44)(H2,31,33,34)/t18-,21?/m1/s1. The van der Waals surface area contributed by atoms with Crippen molar-refractivity contribution in [2.75, 3.05) is 87.7 Å². The zero-order valence-electron chi connectivity index (χ0n) is 24.8. The van der Waals surface area contributed by atoms with Gasteiger partial charge in [-0.15, -0.1) is 0 Å². The number of hydrogen-bond donors (Lipinski definition) is 3. The number of anilines is 3. The highest BCUT2D eigenvalue weighted by molar-refractivity contribution is 5.88. The van der Waals surface area contributed by atoms with Crippen LogP contribution in [0.5, 0.6) is 0 Å². The summed E-state index contributed by atoms with van der Waals surface area (Å²) in [5.74, 6) is -0.200. The Hall–Kier alpha value is -4.35. The van der Waals surface area contributed by atoms with Crippen LogP contribution in [0.4, 0.5) is 26.6 Å². The average molecular weight is 630 g/mol. The van der Waals surface area contributed by atoms with E-state index < -0.39 is 18.3 Å². The number of aromatic nitrogens is 5. The Morgan fingerprint density at radius 2 is 1.76 bits per heavy atom. The number of likely N-dealkylation sites (tertiary alicyclic amines) is 1. The van der Waals surface area contributed by atoms with E-state index in [1.54, 1.807) is 17.1 Å². The number of alkyl halides is 2. The van der Waals surface area contributed by atoms with Gasteiger partial charge in [-0.05, 0) is 18.6 Å². The summed E-state index contributed by atoms with van der Waals surface area (Å²) in [7, 11) is 0. The first-order valence-corrected chi connectivity index (χ1v) is 14.8. The van der Waals surface area contributed by atoms with Crippen LogP contribution in [0.25, 0.3) is 11.4 Å². The van der Waals surface area contributed by atoms with Crippen molar-refractivity contribution in [3.8, 4) is 11.4 Å². The predicted octanol–water partition coefficient (Wildman–Crippen LogP) is -0.168. The average Bonchev–Trinajstić information content (AvgIpc) is 3.57. The molecule has 3 aliphatic rings. The van der Waals surface area contributed by atoms with Crippen molar-refractivity contribution in [3.05, 3.63) is 36.7 Å². The van der Waals surface area contributed by atoms with E-state index >= 15 is 0 Å². The highest BCUT2D eigenvalue weighted by Gasteiger charge is 2.30. The molecule has 45 heavy (non-hydrogen) atoms. The Bertz CT molecular complexity index is 1400. The van der Waals surface area contributed by atoms with Crippen molar-refractivity contribution in [3.63, 3.8) is 0 Å². The van der Waals surface area contributed by atoms with Crippen molar-refractivity contribution >= 4 is 29.7 Å². The van der Waals surface area contributed by atoms with Gasteiger partial charge in [-0.25, -0.2) is 18.7 Å². The maximum absolute atomic E-state index is 13.9. The zero-order chi connectivity index (χ0) is 31.9. The van der Waals surface area contributed by atoms with Crippen LogP contribution in [0, 0.1) is 5.92 Å². The van der Waals surface area contributed by atoms with Gasteiger partial charge in [0, 0.05) is 65.1 Å². The van der Waals surface area contributed by atoms with Crippen LogP contribution >= 0.6 is 0 Å². The lowest BCUT2D eigenvalue weighted by Crippen LogP contribution is -2.50. The lowest BCUT2D eigenvalue weighted by molar-refractivity contribution is -0.126. The fourth-order valence-corrected chi connectivity index (χ4v) is 5.37. The monoisotopic (exact) mass is 629 g/mol. The molecule has 2 amide bonds. The zero-order valence-corrected chi connectivity index (χ0v) is 24.8. The van der Waals surface area contributed by atoms with E-state index in [9.17, 15) is 23.5 Å². The molecule has 0 spiro atoms. The van der Waals surface area contributed by atoms with E-state index in [1.165, 1.54) is 12.3 Å². The quantitative estimate of drug-likeness (QED) is 0.233. The number of halogens is 2. The fraction of sp³-hybridized carbons (Fsp3) is 0.536. The van der Waals surface area contributed by atoms with Crippen LogP contribution in [0.3, 0.4) is 0 Å². The molecule has 4 N–H and O–H groups in total. The summed E-state index contributed by atoms with van der Waals surface area (Å²) in [5.41, 5.74) is 4.98. The lowest BCUT2D eigenvalue weighted by Gasteiger charge is -2.36. The summed E-state index contributed by atoms with van der Waals surface area (Å²) >= 11 is 0. The van der Waals surface area contributed by atoms with Crippen molar-refractivity contribution in [1.82, 2.24) is 40.0 Å². The molecule has 2 aromatic heterocycles. The van der Waals surface area contributed by atoms with Gasteiger partial charge in [0.15, 0.2) is 5.82 Å². The number of carbonyl (C=O) groups is 2. The number of morpholine rings is 1. The number of hydrogen-bond acceptors (Lipinski definition) is 13. The number of rotatable bonds is 10. The molecule has 15 nitrogen and oxygen atoms in total. The van der Waals surface area contributed by atoms with E-state index in [1.807, 2.05) is 14.7 Å². The summed E-state index contributed by atoms with van der Waals surface area (Å²) in [6, 6.07) is 0. The molecule has 3 saturated heterocycles. The van der Waals surface area contributed by atoms with Crippen molar-refractivity contribution in [1.29, 1.82) is 0 Å². The number of carbonyl (C=O) groups excluding carboxylic acids is 2. The van der Waals surface area contributed by atoms with Crippen LogP contribution in [-0.4, -0.2) is 130 Å². The molecule has 2 aromatic rings. The van der Waals surface area contributed by atoms with E-state index in [-0.39, 0.29) is 41.6 Å². The SMILES string of the molecule is C=CC(=O)N1CC[C@@H](C(=O)NCC=CC(O)N2CCN(c3nc(-c4cnc(N)nc4C(F)F)nc(N4CCOCC4)n3)CC2)C1. The van der Waals surface area contributed by atoms with Gasteiger partial charge in [-0.1, -0.05) is 12.7 Å². The second kappa shape index (κ2) is 14.6. The maximum Gasteiger partial charge on any atom is 0.281 e. The second-order valence-electron chi connectivity index (χ2n) is 10.8. The highest BCUT2D eigenvalue weighted by atomic mass is 19.3. The van der Waals surface area contributed by atoms with Gasteiger partial charge in [0.05, 0.1) is 24.7 Å². The van der Waals surface area contributed by atoms with E-state index in [0.717, 1.165) is 0 Å². The number of ether oxygens (including phenoxy) is 1. The van der Waals surface area contributed by atoms with Gasteiger partial charge in [-0.3, -0.25) is 14.5 Å². The third-order valence-corrected chi connectivity index (χ3v) is 7.91. The first kappa shape index (κ1) is 32.1. The molecule has 242 valence electrons. The molecule has 0 aliphatic carbocycles. The molecule has 0 bridgehead atoms. The number of piperazine rings is 1. The smallest absolute Gasteiger partial charge is 0.281 e. The third kappa shape index (κ3) is 7.84. The maximum atomic E-state index is 13.9. The van der Waals surface area contributed by atoms with Crippen molar-refractivity contribution in [2.24, 2.45) is 5.92 Å². The first-order valence-electron chi connectivity index (χ1n) is 14.8. The van der Waals surface area contributed by atoms with Crippen LogP contribution < -0.4 is 20.9 Å². The van der Waals surface area contributed by atoms with Gasteiger partial charge >= 0.3 is 0 Å². The number of aliphatic hydroxyl groups is 1. The number of nitrogens with two attached hydrogens (primary N) is 1. The topological polar surface area (TPSA) is 179 Å². The predicted molar refractivity (Wildman–Crippen MR) is 160 cm³/mol. The number of nitrogen functional groups attached to an aromatic ring is 1. The molecule has 0 aromatic carbocycles. The minimum absolute atomic E-state index is 0.0156. The van der Waals surface area contributed by atoms with E-state index in [0.29, 0.717) is 83.9 Å². The molecule has 5 rings (SSSR count). The Morgan fingerprint density at radius 3 is 2.42 bits per heavy atom. The minimum atomic E-state index is -2.91. The highest BCUT2D eigenvalue weighted by Crippen LogP contribution is 2.30. The minimum Gasteiger partial charge on any atom is -0.378 e. The molecule has 2 atom stereocenters. The third-order valence-electron chi connectivity index (χ3n) is 7.91. The first-order chi connectivity index (χ1) is 21.7. The normalized spacial score (nSPS) is 20.2. The second-order valence-corrected chi connectivity index (χ2v) is 10.8. The van der Waals surface area contributed by atoms with Gasteiger partial charge in [-0.2, -0.15) is 15.0 Å². The Balaban J connectivity index is 1.20. The van der Waals surface area contributed by atoms with Crippen LogP contribution in [0.1, 0.15) is 18.5 Å². The van der Waals surface area contributed by atoms with Gasteiger partial charge < -0.3 is 35.6 Å². The van der Waals surface area contributed by atoms with E-state index in [2.05, 4.69) is 36.8 Å². The molecule has 0 radical (unpaired) electrons. The molecular weight excluding hydrogens is 592 g/mol. The van der Waals surface area contributed by atoms with Gasteiger partial charge in [0.2, 0.25) is 29.7 Å². The fourth-order valence-electron chi connectivity index (χ4n) is 5.37. The largest absolute Gasteiger partial charge is 0.378 e. The Morgan fingerprint density at radius 1 is 1.07 bits per heavy atom. The van der Waals surface area contributed by atoms with Gasteiger partial charge in [0.25, 0.3) is 6.43 Å². The molecule has 17 heteroatoms. The molecule has 3 fully saturated rings. The van der Waals surface area contributed by atoms with Crippen LogP contribution in [0.2, 0.25) is 0 Å². The van der Waals surface area contributed by atoms with Gasteiger partial charge in [0.1, 0.15) is 11.9 Å². The van der Waals surface area contributed by atoms with Crippen LogP contribution in [-0.2, 0) is 14.3 Å². The Kier molecular flexibility index (Phi) is 10.4.